The Balaban J connectivity index is 1.81. The number of hydrogen-bond acceptors (Lipinski definition) is 5. The van der Waals surface area contributed by atoms with Gasteiger partial charge in [-0.25, -0.2) is 4.79 Å². The van der Waals surface area contributed by atoms with E-state index in [1.807, 2.05) is 12.1 Å². The van der Waals surface area contributed by atoms with Crippen molar-refractivity contribution >= 4 is 17.9 Å². The lowest BCUT2D eigenvalue weighted by Crippen LogP contribution is -2.53. The van der Waals surface area contributed by atoms with Crippen LogP contribution in [0.3, 0.4) is 0 Å². The fourth-order valence-electron chi connectivity index (χ4n) is 2.79. The summed E-state index contributed by atoms with van der Waals surface area (Å²) >= 11 is 0. The van der Waals surface area contributed by atoms with Gasteiger partial charge in [0.1, 0.15) is 5.41 Å². The summed E-state index contributed by atoms with van der Waals surface area (Å²) in [5, 5.41) is 5.74. The minimum Gasteiger partial charge on any atom is -0.450 e. The number of carbonyl (C=O) groups is 3. The zero-order valence-corrected chi connectivity index (χ0v) is 16.2. The van der Waals surface area contributed by atoms with Crippen LogP contribution < -0.4 is 10.6 Å². The summed E-state index contributed by atoms with van der Waals surface area (Å²) < 4.78 is 4.99. The van der Waals surface area contributed by atoms with Gasteiger partial charge in [0.05, 0.1) is 6.61 Å². The minimum absolute atomic E-state index is 0.0598. The predicted molar refractivity (Wildman–Crippen MR) is 99.6 cm³/mol. The van der Waals surface area contributed by atoms with Crippen molar-refractivity contribution in [1.82, 2.24) is 20.5 Å². The van der Waals surface area contributed by atoms with Gasteiger partial charge in [-0.1, -0.05) is 0 Å². The number of carbonyl (C=O) groups excluding carboxylic acids is 3. The lowest BCUT2D eigenvalue weighted by molar-refractivity contribution is -0.142. The third-order valence-electron chi connectivity index (χ3n) is 4.69. The summed E-state index contributed by atoms with van der Waals surface area (Å²) in [6.45, 7) is 6.73. The van der Waals surface area contributed by atoms with Crippen molar-refractivity contribution in [2.24, 2.45) is 5.41 Å². The molecule has 1 fully saturated rings. The summed E-state index contributed by atoms with van der Waals surface area (Å²) in [6, 6.07) is 3.56. The maximum Gasteiger partial charge on any atom is 0.409 e. The molecule has 0 unspecified atom stereocenters. The molecule has 0 radical (unpaired) electrons. The molecule has 1 aliphatic rings. The number of likely N-dealkylation sites (tertiary alicyclic amines) is 1. The van der Waals surface area contributed by atoms with Gasteiger partial charge in [0.25, 0.3) is 0 Å². The first-order valence-electron chi connectivity index (χ1n) is 9.24. The molecule has 2 heterocycles. The summed E-state index contributed by atoms with van der Waals surface area (Å²) in [5.74, 6) is -0.648. The lowest BCUT2D eigenvalue weighted by atomic mass is 9.90. The molecule has 0 aliphatic carbocycles. The van der Waals surface area contributed by atoms with Crippen molar-refractivity contribution < 1.29 is 19.1 Å². The number of rotatable bonds is 6. The fraction of sp³-hybridized carbons (Fsp3) is 0.579. The van der Waals surface area contributed by atoms with Gasteiger partial charge >= 0.3 is 6.09 Å². The second kappa shape index (κ2) is 9.34. The molecule has 0 aromatic carbocycles. The van der Waals surface area contributed by atoms with Gasteiger partial charge in [-0.2, -0.15) is 0 Å². The van der Waals surface area contributed by atoms with Crippen molar-refractivity contribution in [3.63, 3.8) is 0 Å². The molecule has 148 valence electrons. The van der Waals surface area contributed by atoms with Crippen LogP contribution in [0.15, 0.2) is 24.5 Å². The van der Waals surface area contributed by atoms with Crippen LogP contribution in [0.1, 0.15) is 39.2 Å². The number of piperidine rings is 1. The third kappa shape index (κ3) is 5.67. The Bertz CT molecular complexity index is 655. The van der Waals surface area contributed by atoms with Crippen molar-refractivity contribution in [2.45, 2.75) is 46.2 Å². The zero-order valence-electron chi connectivity index (χ0n) is 16.2. The highest BCUT2D eigenvalue weighted by molar-refractivity contribution is 6.04. The van der Waals surface area contributed by atoms with E-state index in [9.17, 15) is 14.4 Å². The van der Waals surface area contributed by atoms with Crippen LogP contribution in [-0.4, -0.2) is 53.5 Å². The van der Waals surface area contributed by atoms with E-state index in [1.54, 1.807) is 38.1 Å². The van der Waals surface area contributed by atoms with Gasteiger partial charge in [-0.05, 0) is 51.3 Å². The topological polar surface area (TPSA) is 101 Å². The van der Waals surface area contributed by atoms with E-state index in [1.165, 1.54) is 0 Å². The maximum atomic E-state index is 12.6. The average Bonchev–Trinajstić information content (AvgIpc) is 2.67. The van der Waals surface area contributed by atoms with Crippen molar-refractivity contribution in [3.05, 3.63) is 30.1 Å². The molecular formula is C19H28N4O4. The highest BCUT2D eigenvalue weighted by Crippen LogP contribution is 2.19. The summed E-state index contributed by atoms with van der Waals surface area (Å²) in [5.41, 5.74) is -0.272. The van der Waals surface area contributed by atoms with Crippen LogP contribution in [-0.2, 0) is 20.9 Å². The molecule has 1 saturated heterocycles. The zero-order chi connectivity index (χ0) is 19.9. The van der Waals surface area contributed by atoms with Gasteiger partial charge in [0.2, 0.25) is 11.8 Å². The second-order valence-corrected chi connectivity index (χ2v) is 7.10. The minimum atomic E-state index is -1.19. The molecular weight excluding hydrogens is 348 g/mol. The van der Waals surface area contributed by atoms with Crippen LogP contribution in [0, 0.1) is 5.41 Å². The number of aromatic nitrogens is 1. The van der Waals surface area contributed by atoms with Crippen LogP contribution in [0.25, 0.3) is 0 Å². The number of hydrogen-bond donors (Lipinski definition) is 2. The van der Waals surface area contributed by atoms with E-state index in [4.69, 9.17) is 4.74 Å². The van der Waals surface area contributed by atoms with Gasteiger partial charge in [-0.15, -0.1) is 0 Å². The van der Waals surface area contributed by atoms with Crippen molar-refractivity contribution in [1.29, 1.82) is 0 Å². The molecule has 2 N–H and O–H groups in total. The Morgan fingerprint density at radius 1 is 1.19 bits per heavy atom. The standard InChI is InChI=1S/C19H28N4O4/c1-4-27-18(26)23-11-7-15(8-12-23)22-17(25)19(2,3)16(24)21-13-14-5-9-20-10-6-14/h5-6,9-10,15H,4,7-8,11-13H2,1-3H3,(H,21,24)(H,22,25). The molecule has 27 heavy (non-hydrogen) atoms. The van der Waals surface area contributed by atoms with E-state index >= 15 is 0 Å². The van der Waals surface area contributed by atoms with Gasteiger partial charge in [0.15, 0.2) is 0 Å². The van der Waals surface area contributed by atoms with E-state index in [0.717, 1.165) is 5.56 Å². The number of pyridine rings is 1. The second-order valence-electron chi connectivity index (χ2n) is 7.10. The van der Waals surface area contributed by atoms with Crippen LogP contribution in [0.5, 0.6) is 0 Å². The molecule has 0 bridgehead atoms. The van der Waals surface area contributed by atoms with Gasteiger partial charge < -0.3 is 20.3 Å². The summed E-state index contributed by atoms with van der Waals surface area (Å²) in [6.07, 6.45) is 4.26. The molecule has 1 aromatic rings. The van der Waals surface area contributed by atoms with E-state index in [0.29, 0.717) is 39.1 Å². The van der Waals surface area contributed by atoms with Gasteiger partial charge in [0, 0.05) is 38.1 Å². The Morgan fingerprint density at radius 3 is 2.41 bits per heavy atom. The molecule has 1 aliphatic heterocycles. The highest BCUT2D eigenvalue weighted by atomic mass is 16.6. The van der Waals surface area contributed by atoms with Crippen LogP contribution in [0.2, 0.25) is 0 Å². The van der Waals surface area contributed by atoms with E-state index < -0.39 is 5.41 Å². The number of amides is 3. The highest BCUT2D eigenvalue weighted by Gasteiger charge is 2.37. The number of ether oxygens (including phenoxy) is 1. The quantitative estimate of drug-likeness (QED) is 0.732. The van der Waals surface area contributed by atoms with Crippen LogP contribution in [0.4, 0.5) is 4.79 Å². The van der Waals surface area contributed by atoms with Crippen molar-refractivity contribution in [2.75, 3.05) is 19.7 Å². The third-order valence-corrected chi connectivity index (χ3v) is 4.69. The van der Waals surface area contributed by atoms with Crippen LogP contribution >= 0.6 is 0 Å². The molecule has 8 heteroatoms. The molecule has 0 atom stereocenters. The Kier molecular flexibility index (Phi) is 7.15. The van der Waals surface area contributed by atoms with Crippen molar-refractivity contribution in [3.8, 4) is 0 Å². The first kappa shape index (κ1) is 20.7. The molecule has 3 amide bonds. The molecule has 0 spiro atoms. The first-order valence-corrected chi connectivity index (χ1v) is 9.24. The summed E-state index contributed by atoms with van der Waals surface area (Å²) in [7, 11) is 0. The monoisotopic (exact) mass is 376 g/mol. The Labute approximate surface area is 159 Å². The Morgan fingerprint density at radius 2 is 1.81 bits per heavy atom. The molecule has 8 nitrogen and oxygen atoms in total. The lowest BCUT2D eigenvalue weighted by Gasteiger charge is -2.33. The van der Waals surface area contributed by atoms with E-state index in [2.05, 4.69) is 15.6 Å². The SMILES string of the molecule is CCOC(=O)N1CCC(NC(=O)C(C)(C)C(=O)NCc2ccncc2)CC1. The number of nitrogens with one attached hydrogen (secondary N) is 2. The fourth-order valence-corrected chi connectivity index (χ4v) is 2.79. The average molecular weight is 376 g/mol. The number of nitrogens with zero attached hydrogens (tertiary/aromatic N) is 2. The summed E-state index contributed by atoms with van der Waals surface area (Å²) in [4.78, 5) is 42.4. The normalized spacial score (nSPS) is 15.1. The van der Waals surface area contributed by atoms with Gasteiger partial charge in [-0.3, -0.25) is 14.6 Å². The Hall–Kier alpha value is -2.64. The maximum absolute atomic E-state index is 12.6. The molecule has 2 rings (SSSR count). The molecule has 1 aromatic heterocycles. The first-order chi connectivity index (χ1) is 12.8. The smallest absolute Gasteiger partial charge is 0.409 e. The van der Waals surface area contributed by atoms with E-state index in [-0.39, 0.29) is 23.9 Å². The predicted octanol–water partition coefficient (Wildman–Crippen LogP) is 1.46. The molecule has 0 saturated carbocycles. The largest absolute Gasteiger partial charge is 0.450 e.